The molecule has 8 heteroatoms. The summed E-state index contributed by atoms with van der Waals surface area (Å²) in [7, 11) is 1.66. The van der Waals surface area contributed by atoms with Gasteiger partial charge >= 0.3 is 0 Å². The number of hydrogen-bond donors (Lipinski definition) is 0. The summed E-state index contributed by atoms with van der Waals surface area (Å²) in [6, 6.07) is 5.99. The lowest BCUT2D eigenvalue weighted by molar-refractivity contribution is 0.179. The molecule has 120 valence electrons. The van der Waals surface area contributed by atoms with Crippen LogP contribution >= 0.6 is 11.5 Å². The first-order chi connectivity index (χ1) is 11.3. The first kappa shape index (κ1) is 14.5. The number of ether oxygens (including phenoxy) is 1. The lowest BCUT2D eigenvalue weighted by Crippen LogP contribution is -2.35. The van der Waals surface area contributed by atoms with Crippen molar-refractivity contribution in [3.8, 4) is 0 Å². The van der Waals surface area contributed by atoms with Crippen LogP contribution < -0.4 is 4.90 Å². The number of hydrogen-bond acceptors (Lipinski definition) is 7. The fraction of sp³-hybridized carbons (Fsp3) is 0.467. The second-order valence-corrected chi connectivity index (χ2v) is 6.43. The summed E-state index contributed by atoms with van der Waals surface area (Å²) in [4.78, 5) is 6.87. The Bertz CT molecular complexity index is 800. The normalized spacial score (nSPS) is 18.7. The van der Waals surface area contributed by atoms with Gasteiger partial charge in [-0.2, -0.15) is 4.37 Å². The predicted molar refractivity (Wildman–Crippen MR) is 87.8 cm³/mol. The van der Waals surface area contributed by atoms with Gasteiger partial charge in [-0.05, 0) is 25.0 Å². The van der Waals surface area contributed by atoms with Crippen LogP contribution in [0.1, 0.15) is 30.4 Å². The lowest BCUT2D eigenvalue weighted by atomic mass is 9.97. The van der Waals surface area contributed by atoms with Gasteiger partial charge in [0.15, 0.2) is 11.5 Å². The summed E-state index contributed by atoms with van der Waals surface area (Å²) in [5.41, 5.74) is 0.901. The molecule has 1 aliphatic rings. The van der Waals surface area contributed by atoms with Gasteiger partial charge in [-0.3, -0.25) is 4.40 Å². The molecule has 7 nitrogen and oxygen atoms in total. The third kappa shape index (κ3) is 2.79. The number of nitrogens with zero attached hydrogens (tertiary/aromatic N) is 6. The summed E-state index contributed by atoms with van der Waals surface area (Å²) < 4.78 is 11.5. The first-order valence-electron chi connectivity index (χ1n) is 7.71. The van der Waals surface area contributed by atoms with E-state index in [1.54, 1.807) is 7.11 Å². The van der Waals surface area contributed by atoms with Crippen molar-refractivity contribution in [2.45, 2.75) is 25.4 Å². The van der Waals surface area contributed by atoms with Gasteiger partial charge < -0.3 is 9.64 Å². The summed E-state index contributed by atoms with van der Waals surface area (Å²) in [5.74, 6) is 2.14. The summed E-state index contributed by atoms with van der Waals surface area (Å²) in [6.45, 7) is 2.37. The maximum atomic E-state index is 5.10. The van der Waals surface area contributed by atoms with E-state index >= 15 is 0 Å². The number of piperidine rings is 1. The van der Waals surface area contributed by atoms with Crippen LogP contribution in [0.2, 0.25) is 0 Å². The average molecular weight is 330 g/mol. The quantitative estimate of drug-likeness (QED) is 0.730. The molecule has 3 aromatic rings. The van der Waals surface area contributed by atoms with Crippen LogP contribution in [0.15, 0.2) is 24.4 Å². The third-order valence-corrected chi connectivity index (χ3v) is 4.94. The molecular formula is C15H18N6OS. The van der Waals surface area contributed by atoms with Gasteiger partial charge in [0.05, 0.1) is 0 Å². The number of pyridine rings is 1. The first-order valence-corrected chi connectivity index (χ1v) is 8.48. The van der Waals surface area contributed by atoms with E-state index in [1.165, 1.54) is 11.5 Å². The van der Waals surface area contributed by atoms with Crippen molar-refractivity contribution in [1.29, 1.82) is 0 Å². The van der Waals surface area contributed by atoms with Crippen LogP contribution in [-0.4, -0.2) is 44.2 Å². The van der Waals surface area contributed by atoms with Crippen molar-refractivity contribution in [2.24, 2.45) is 0 Å². The van der Waals surface area contributed by atoms with Gasteiger partial charge in [-0.25, -0.2) is 4.98 Å². The third-order valence-electron chi connectivity index (χ3n) is 4.13. The molecular weight excluding hydrogens is 312 g/mol. The molecule has 0 N–H and O–H groups in total. The summed E-state index contributed by atoms with van der Waals surface area (Å²) in [6.07, 6.45) is 4.27. The minimum Gasteiger partial charge on any atom is -0.377 e. The Balaban J connectivity index is 1.56. The number of aromatic nitrogens is 5. The van der Waals surface area contributed by atoms with Crippen LogP contribution in [0.25, 0.3) is 5.65 Å². The highest BCUT2D eigenvalue weighted by molar-refractivity contribution is 7.09. The van der Waals surface area contributed by atoms with Crippen molar-refractivity contribution in [1.82, 2.24) is 24.0 Å². The highest BCUT2D eigenvalue weighted by Crippen LogP contribution is 2.30. The molecule has 3 aromatic heterocycles. The van der Waals surface area contributed by atoms with Gasteiger partial charge in [0.2, 0.25) is 5.13 Å². The fourth-order valence-electron chi connectivity index (χ4n) is 3.06. The Morgan fingerprint density at radius 1 is 1.35 bits per heavy atom. The highest BCUT2D eigenvalue weighted by Gasteiger charge is 2.27. The zero-order valence-corrected chi connectivity index (χ0v) is 13.7. The van der Waals surface area contributed by atoms with E-state index in [9.17, 15) is 0 Å². The van der Waals surface area contributed by atoms with Crippen molar-refractivity contribution in [3.05, 3.63) is 36.0 Å². The van der Waals surface area contributed by atoms with Gasteiger partial charge in [0, 0.05) is 43.8 Å². The van der Waals surface area contributed by atoms with Crippen LogP contribution in [0.5, 0.6) is 0 Å². The minimum atomic E-state index is 0.357. The second-order valence-electron chi connectivity index (χ2n) is 5.70. The molecule has 4 rings (SSSR count). The molecule has 0 radical (unpaired) electrons. The number of rotatable bonds is 4. The van der Waals surface area contributed by atoms with Crippen molar-refractivity contribution in [3.63, 3.8) is 0 Å². The molecule has 0 saturated carbocycles. The number of methoxy groups -OCH3 is 1. The second kappa shape index (κ2) is 6.21. The molecule has 0 aromatic carbocycles. The highest BCUT2D eigenvalue weighted by atomic mass is 32.1. The van der Waals surface area contributed by atoms with Gasteiger partial charge in [-0.1, -0.05) is 6.07 Å². The smallest absolute Gasteiger partial charge is 0.205 e. The van der Waals surface area contributed by atoms with E-state index in [1.807, 2.05) is 24.4 Å². The van der Waals surface area contributed by atoms with E-state index in [-0.39, 0.29) is 0 Å². The van der Waals surface area contributed by atoms with Crippen molar-refractivity contribution in [2.75, 3.05) is 25.1 Å². The zero-order chi connectivity index (χ0) is 15.6. The number of anilines is 1. The van der Waals surface area contributed by atoms with E-state index in [4.69, 9.17) is 4.74 Å². The van der Waals surface area contributed by atoms with Crippen LogP contribution in [0, 0.1) is 0 Å². The van der Waals surface area contributed by atoms with Crippen LogP contribution in [-0.2, 0) is 11.3 Å². The van der Waals surface area contributed by atoms with Crippen molar-refractivity contribution < 1.29 is 4.74 Å². The lowest BCUT2D eigenvalue weighted by Gasteiger charge is -2.31. The summed E-state index contributed by atoms with van der Waals surface area (Å²) in [5, 5.41) is 9.66. The largest absolute Gasteiger partial charge is 0.377 e. The van der Waals surface area contributed by atoms with Gasteiger partial charge in [-0.15, -0.1) is 10.2 Å². The standard InChI is InChI=1S/C15H18N6OS/c1-22-10-12-16-15(23-19-12)20-7-4-5-11(9-20)14-18-17-13-6-2-3-8-21(13)14/h2-3,6,8,11H,4-5,7,9-10H2,1H3. The molecule has 1 atom stereocenters. The Morgan fingerprint density at radius 3 is 3.22 bits per heavy atom. The maximum absolute atomic E-state index is 5.10. The zero-order valence-electron chi connectivity index (χ0n) is 12.9. The molecule has 0 spiro atoms. The van der Waals surface area contributed by atoms with E-state index in [0.717, 1.165) is 48.4 Å². The average Bonchev–Trinajstić information content (AvgIpc) is 3.22. The molecule has 1 aliphatic heterocycles. The van der Waals surface area contributed by atoms with E-state index in [2.05, 4.69) is 28.9 Å². The molecule has 4 heterocycles. The Kier molecular flexibility index (Phi) is 3.92. The molecule has 1 fully saturated rings. The topological polar surface area (TPSA) is 68.4 Å². The Morgan fingerprint density at radius 2 is 2.30 bits per heavy atom. The Hall–Kier alpha value is -2.06. The maximum Gasteiger partial charge on any atom is 0.205 e. The van der Waals surface area contributed by atoms with Crippen LogP contribution in [0.3, 0.4) is 0 Å². The monoisotopic (exact) mass is 330 g/mol. The summed E-state index contributed by atoms with van der Waals surface area (Å²) >= 11 is 1.44. The van der Waals surface area contributed by atoms with E-state index in [0.29, 0.717) is 12.5 Å². The molecule has 0 aliphatic carbocycles. The van der Waals surface area contributed by atoms with Crippen molar-refractivity contribution >= 4 is 22.3 Å². The molecule has 1 unspecified atom stereocenters. The molecule has 23 heavy (non-hydrogen) atoms. The molecule has 1 saturated heterocycles. The van der Waals surface area contributed by atoms with Gasteiger partial charge in [0.25, 0.3) is 0 Å². The predicted octanol–water partition coefficient (Wildman–Crippen LogP) is 2.11. The SMILES string of the molecule is COCc1nsc(N2CCCC(c3nnc4ccccn34)C2)n1. The minimum absolute atomic E-state index is 0.357. The number of fused-ring (bicyclic) bond motifs is 1. The molecule has 0 amide bonds. The Labute approximate surface area is 138 Å². The van der Waals surface area contributed by atoms with Gasteiger partial charge in [0.1, 0.15) is 12.4 Å². The fourth-order valence-corrected chi connectivity index (χ4v) is 3.77. The molecule has 0 bridgehead atoms. The van der Waals surface area contributed by atoms with E-state index < -0.39 is 0 Å². The van der Waals surface area contributed by atoms with Crippen LogP contribution in [0.4, 0.5) is 5.13 Å².